The van der Waals surface area contributed by atoms with E-state index in [1.165, 1.54) is 22.3 Å². The van der Waals surface area contributed by atoms with Crippen LogP contribution in [0.25, 0.3) is 6.08 Å². The smallest absolute Gasteiger partial charge is 0.0655 e. The van der Waals surface area contributed by atoms with Crippen molar-refractivity contribution in [2.75, 3.05) is 0 Å². The molecule has 0 spiro atoms. The molecule has 0 unspecified atom stereocenters. The summed E-state index contributed by atoms with van der Waals surface area (Å²) in [5.74, 6) is 0. The van der Waals surface area contributed by atoms with E-state index in [-0.39, 0.29) is 0 Å². The molecule has 116 valence electrons. The first kappa shape index (κ1) is 14.6. The zero-order chi connectivity index (χ0) is 16.2. The minimum absolute atomic E-state index is 0.767. The first-order valence-electron chi connectivity index (χ1n) is 8.18. The van der Waals surface area contributed by atoms with E-state index < -0.39 is 0 Å². The lowest BCUT2D eigenvalue weighted by Crippen LogP contribution is -1.97. The van der Waals surface area contributed by atoms with Gasteiger partial charge in [0.25, 0.3) is 0 Å². The van der Waals surface area contributed by atoms with Gasteiger partial charge >= 0.3 is 0 Å². The topological polar surface area (TPSA) is 25.2 Å². The number of benzene rings is 2. The molecule has 0 saturated heterocycles. The predicted molar refractivity (Wildman–Crippen MR) is 99.2 cm³/mol. The summed E-state index contributed by atoms with van der Waals surface area (Å²) < 4.78 is 0. The zero-order valence-electron chi connectivity index (χ0n) is 13.4. The molecule has 0 bridgehead atoms. The second kappa shape index (κ2) is 6.63. The average Bonchev–Trinajstić information content (AvgIpc) is 3.04. The number of aromatic nitrogens is 1. The van der Waals surface area contributed by atoms with Crippen molar-refractivity contribution < 1.29 is 0 Å². The van der Waals surface area contributed by atoms with E-state index in [1.54, 1.807) is 0 Å². The second-order valence-electron chi connectivity index (χ2n) is 5.94. The van der Waals surface area contributed by atoms with Gasteiger partial charge in [-0.3, -0.25) is 9.98 Å². The largest absolute Gasteiger partial charge is 0.280 e. The normalized spacial score (nSPS) is 13.1. The fraction of sp³-hybridized carbons (Fsp3) is 0.0909. The van der Waals surface area contributed by atoms with E-state index in [4.69, 9.17) is 0 Å². The van der Waals surface area contributed by atoms with Crippen molar-refractivity contribution in [3.8, 4) is 0 Å². The lowest BCUT2D eigenvalue weighted by molar-refractivity contribution is 1.10. The standard InChI is InChI=1S/C22H18N2/c1-2-6-17(7-3-1)14-18-9-10-19-16-24-22(21(19)15-18)12-11-20-8-4-5-13-23-20/h1-13,15H,14,16H2/b12-11+. The highest BCUT2D eigenvalue weighted by atomic mass is 14.8. The predicted octanol–water partition coefficient (Wildman–Crippen LogP) is 4.69. The first-order chi connectivity index (χ1) is 11.9. The van der Waals surface area contributed by atoms with Gasteiger partial charge in [-0.2, -0.15) is 0 Å². The molecule has 4 rings (SSSR count). The molecule has 2 heterocycles. The Balaban J connectivity index is 1.58. The molecule has 0 radical (unpaired) electrons. The number of pyridine rings is 1. The van der Waals surface area contributed by atoms with Crippen molar-refractivity contribution in [3.63, 3.8) is 0 Å². The molecule has 0 N–H and O–H groups in total. The molecule has 2 aromatic carbocycles. The molecule has 24 heavy (non-hydrogen) atoms. The van der Waals surface area contributed by atoms with Gasteiger partial charge in [-0.25, -0.2) is 0 Å². The quantitative estimate of drug-likeness (QED) is 0.686. The SMILES string of the molecule is C(=C\c1ccccn1)/C1=NCc2ccc(Cc3ccccc3)cc21. The molecule has 0 fully saturated rings. The molecule has 0 atom stereocenters. The summed E-state index contributed by atoms with van der Waals surface area (Å²) in [7, 11) is 0. The van der Waals surface area contributed by atoms with E-state index in [0.29, 0.717) is 0 Å². The van der Waals surface area contributed by atoms with Gasteiger partial charge in [0.2, 0.25) is 0 Å². The molecular formula is C22H18N2. The van der Waals surface area contributed by atoms with Gasteiger partial charge in [0.05, 0.1) is 18.0 Å². The van der Waals surface area contributed by atoms with E-state index in [0.717, 1.165) is 24.4 Å². The van der Waals surface area contributed by atoms with Crippen LogP contribution in [0.15, 0.2) is 84.0 Å². The summed E-state index contributed by atoms with van der Waals surface area (Å²) in [6.45, 7) is 0.767. The van der Waals surface area contributed by atoms with Gasteiger partial charge in [0.1, 0.15) is 0 Å². The molecule has 0 aliphatic carbocycles. The maximum absolute atomic E-state index is 4.67. The van der Waals surface area contributed by atoms with Gasteiger partial charge in [-0.15, -0.1) is 0 Å². The monoisotopic (exact) mass is 310 g/mol. The summed E-state index contributed by atoms with van der Waals surface area (Å²) in [4.78, 5) is 9.00. The van der Waals surface area contributed by atoms with Crippen molar-refractivity contribution in [2.45, 2.75) is 13.0 Å². The third-order valence-corrected chi connectivity index (χ3v) is 4.22. The van der Waals surface area contributed by atoms with Crippen LogP contribution in [0.1, 0.15) is 27.9 Å². The Morgan fingerprint density at radius 3 is 2.54 bits per heavy atom. The lowest BCUT2D eigenvalue weighted by Gasteiger charge is -2.06. The fourth-order valence-electron chi connectivity index (χ4n) is 2.98. The fourth-order valence-corrected chi connectivity index (χ4v) is 2.98. The summed E-state index contributed by atoms with van der Waals surface area (Å²) in [5, 5.41) is 0. The molecule has 1 aliphatic heterocycles. The van der Waals surface area contributed by atoms with Crippen LogP contribution in [0.2, 0.25) is 0 Å². The van der Waals surface area contributed by atoms with Crippen LogP contribution in [-0.2, 0) is 13.0 Å². The molecule has 1 aliphatic rings. The Morgan fingerprint density at radius 1 is 0.833 bits per heavy atom. The Kier molecular flexibility index (Phi) is 4.03. The highest BCUT2D eigenvalue weighted by molar-refractivity contribution is 6.13. The van der Waals surface area contributed by atoms with Crippen molar-refractivity contribution in [1.82, 2.24) is 4.98 Å². The van der Waals surface area contributed by atoms with Crippen molar-refractivity contribution in [1.29, 1.82) is 0 Å². The number of hydrogen-bond acceptors (Lipinski definition) is 2. The minimum atomic E-state index is 0.767. The average molecular weight is 310 g/mol. The first-order valence-corrected chi connectivity index (χ1v) is 8.18. The maximum atomic E-state index is 4.67. The van der Waals surface area contributed by atoms with Crippen molar-refractivity contribution in [2.24, 2.45) is 4.99 Å². The highest BCUT2D eigenvalue weighted by Gasteiger charge is 2.14. The molecule has 0 saturated carbocycles. The van der Waals surface area contributed by atoms with Crippen LogP contribution < -0.4 is 0 Å². The number of fused-ring (bicyclic) bond motifs is 1. The summed E-state index contributed by atoms with van der Waals surface area (Å²) in [6.07, 6.45) is 6.85. The third-order valence-electron chi connectivity index (χ3n) is 4.22. The van der Waals surface area contributed by atoms with Crippen LogP contribution in [0.3, 0.4) is 0 Å². The minimum Gasteiger partial charge on any atom is -0.280 e. The number of rotatable bonds is 4. The van der Waals surface area contributed by atoms with Crippen molar-refractivity contribution in [3.05, 3.63) is 107 Å². The number of nitrogens with zero attached hydrogens (tertiary/aromatic N) is 2. The summed E-state index contributed by atoms with van der Waals surface area (Å²) in [6, 6.07) is 23.2. The Hall–Kier alpha value is -3.00. The second-order valence-corrected chi connectivity index (χ2v) is 5.94. The number of allylic oxidation sites excluding steroid dienone is 1. The molecule has 1 aromatic heterocycles. The van der Waals surface area contributed by atoms with Gasteiger partial charge in [0.15, 0.2) is 0 Å². The van der Waals surface area contributed by atoms with E-state index in [9.17, 15) is 0 Å². The maximum Gasteiger partial charge on any atom is 0.0655 e. The van der Waals surface area contributed by atoms with Crippen LogP contribution in [0.4, 0.5) is 0 Å². The highest BCUT2D eigenvalue weighted by Crippen LogP contribution is 2.23. The number of aliphatic imine (C=N–C) groups is 1. The third kappa shape index (κ3) is 3.18. The Labute approximate surface area is 142 Å². The molecule has 3 aromatic rings. The molecular weight excluding hydrogens is 292 g/mol. The van der Waals surface area contributed by atoms with E-state index in [1.807, 2.05) is 30.5 Å². The van der Waals surface area contributed by atoms with Gasteiger partial charge in [0, 0.05) is 11.8 Å². The zero-order valence-corrected chi connectivity index (χ0v) is 13.4. The van der Waals surface area contributed by atoms with Crippen molar-refractivity contribution >= 4 is 11.8 Å². The molecule has 2 heteroatoms. The van der Waals surface area contributed by atoms with Crippen LogP contribution in [-0.4, -0.2) is 10.7 Å². The molecule has 0 amide bonds. The number of hydrogen-bond donors (Lipinski definition) is 0. The van der Waals surface area contributed by atoms with Gasteiger partial charge in [-0.1, -0.05) is 48.5 Å². The van der Waals surface area contributed by atoms with Crippen LogP contribution >= 0.6 is 0 Å². The van der Waals surface area contributed by atoms with Crippen LogP contribution in [0, 0.1) is 0 Å². The summed E-state index contributed by atoms with van der Waals surface area (Å²) in [5.41, 5.74) is 7.20. The Bertz CT molecular complexity index is 894. The van der Waals surface area contributed by atoms with Gasteiger partial charge in [-0.05, 0) is 53.5 Å². The van der Waals surface area contributed by atoms with Gasteiger partial charge < -0.3 is 0 Å². The molecule has 2 nitrogen and oxygen atoms in total. The van der Waals surface area contributed by atoms with E-state index in [2.05, 4.69) is 64.6 Å². The summed E-state index contributed by atoms with van der Waals surface area (Å²) >= 11 is 0. The lowest BCUT2D eigenvalue weighted by atomic mass is 9.98. The van der Waals surface area contributed by atoms with E-state index >= 15 is 0 Å². The Morgan fingerprint density at radius 2 is 1.71 bits per heavy atom. The van der Waals surface area contributed by atoms with Crippen LogP contribution in [0.5, 0.6) is 0 Å².